The van der Waals surface area contributed by atoms with Crippen molar-refractivity contribution in [3.63, 3.8) is 0 Å². The summed E-state index contributed by atoms with van der Waals surface area (Å²) in [6.07, 6.45) is 0.542. The maximum Gasteiger partial charge on any atom is 0.258 e. The number of hydrogen-bond acceptors (Lipinski definition) is 3. The molecule has 0 saturated carbocycles. The molecule has 1 rings (SSSR count). The summed E-state index contributed by atoms with van der Waals surface area (Å²) in [5.74, 6) is -1.96. The van der Waals surface area contributed by atoms with Crippen LogP contribution >= 0.6 is 0 Å². The van der Waals surface area contributed by atoms with Crippen LogP contribution in [0.1, 0.15) is 27.2 Å². The van der Waals surface area contributed by atoms with Crippen molar-refractivity contribution in [2.75, 3.05) is 13.2 Å². The van der Waals surface area contributed by atoms with E-state index in [1.54, 1.807) is 6.92 Å². The molecule has 1 aromatic rings. The standard InChI is InChI=1S/C15H21F2NO3/c1-10(2)7-15(3,20)9-18-14(19)8-21-13-5-4-11(16)6-12(13)17/h4-6,10,20H,7-9H2,1-3H3,(H,18,19). The fourth-order valence-corrected chi connectivity index (χ4v) is 2.03. The zero-order chi connectivity index (χ0) is 16.0. The summed E-state index contributed by atoms with van der Waals surface area (Å²) in [5, 5.41) is 12.6. The SMILES string of the molecule is CC(C)CC(C)(O)CNC(=O)COc1ccc(F)cc1F. The second-order valence-electron chi connectivity index (χ2n) is 5.74. The van der Waals surface area contributed by atoms with Gasteiger partial charge in [-0.3, -0.25) is 4.79 Å². The Bertz CT molecular complexity index is 490. The molecule has 0 radical (unpaired) electrons. The van der Waals surface area contributed by atoms with E-state index in [9.17, 15) is 18.7 Å². The van der Waals surface area contributed by atoms with Crippen molar-refractivity contribution in [1.82, 2.24) is 5.32 Å². The molecule has 118 valence electrons. The molecule has 0 aromatic heterocycles. The summed E-state index contributed by atoms with van der Waals surface area (Å²) in [7, 11) is 0. The maximum atomic E-state index is 13.3. The van der Waals surface area contributed by atoms with Crippen molar-refractivity contribution >= 4 is 5.91 Å². The molecule has 21 heavy (non-hydrogen) atoms. The third-order valence-electron chi connectivity index (χ3n) is 2.77. The lowest BCUT2D eigenvalue weighted by atomic mass is 9.94. The van der Waals surface area contributed by atoms with Crippen LogP contribution < -0.4 is 10.1 Å². The molecule has 0 saturated heterocycles. The Labute approximate surface area is 123 Å². The number of halogens is 2. The van der Waals surface area contributed by atoms with Crippen LogP contribution in [0, 0.1) is 17.6 Å². The van der Waals surface area contributed by atoms with Crippen LogP contribution in [-0.4, -0.2) is 29.8 Å². The van der Waals surface area contributed by atoms with E-state index < -0.39 is 29.7 Å². The van der Waals surface area contributed by atoms with Gasteiger partial charge in [0.2, 0.25) is 0 Å². The van der Waals surface area contributed by atoms with Gasteiger partial charge in [0.05, 0.1) is 5.60 Å². The fourth-order valence-electron chi connectivity index (χ4n) is 2.03. The van der Waals surface area contributed by atoms with Crippen LogP contribution in [0.2, 0.25) is 0 Å². The normalized spacial score (nSPS) is 13.9. The molecule has 0 aliphatic heterocycles. The van der Waals surface area contributed by atoms with E-state index in [0.717, 1.165) is 12.1 Å². The number of hydrogen-bond donors (Lipinski definition) is 2. The van der Waals surface area contributed by atoms with Gasteiger partial charge in [0.15, 0.2) is 18.2 Å². The lowest BCUT2D eigenvalue weighted by molar-refractivity contribution is -0.124. The van der Waals surface area contributed by atoms with E-state index in [1.807, 2.05) is 13.8 Å². The largest absolute Gasteiger partial charge is 0.481 e. The molecule has 0 bridgehead atoms. The van der Waals surface area contributed by atoms with Gasteiger partial charge in [-0.1, -0.05) is 13.8 Å². The van der Waals surface area contributed by atoms with E-state index >= 15 is 0 Å². The monoisotopic (exact) mass is 301 g/mol. The van der Waals surface area contributed by atoms with E-state index in [-0.39, 0.29) is 12.3 Å². The molecular weight excluding hydrogens is 280 g/mol. The minimum absolute atomic E-state index is 0.0826. The van der Waals surface area contributed by atoms with Gasteiger partial charge in [-0.15, -0.1) is 0 Å². The predicted molar refractivity (Wildman–Crippen MR) is 74.9 cm³/mol. The molecule has 0 spiro atoms. The van der Waals surface area contributed by atoms with Crippen LogP contribution in [0.15, 0.2) is 18.2 Å². The van der Waals surface area contributed by atoms with Crippen molar-refractivity contribution in [3.05, 3.63) is 29.8 Å². The van der Waals surface area contributed by atoms with Crippen molar-refractivity contribution < 1.29 is 23.4 Å². The Hall–Kier alpha value is -1.69. The number of ether oxygens (including phenoxy) is 1. The van der Waals surface area contributed by atoms with Crippen LogP contribution in [0.25, 0.3) is 0 Å². The predicted octanol–water partition coefficient (Wildman–Crippen LogP) is 2.26. The highest BCUT2D eigenvalue weighted by Gasteiger charge is 2.22. The van der Waals surface area contributed by atoms with Gasteiger partial charge in [-0.25, -0.2) is 8.78 Å². The maximum absolute atomic E-state index is 13.3. The van der Waals surface area contributed by atoms with Crippen molar-refractivity contribution in [1.29, 1.82) is 0 Å². The van der Waals surface area contributed by atoms with Crippen LogP contribution in [-0.2, 0) is 4.79 Å². The molecule has 4 nitrogen and oxygen atoms in total. The molecule has 1 aromatic carbocycles. The number of carbonyl (C=O) groups excluding carboxylic acids is 1. The van der Waals surface area contributed by atoms with Crippen molar-refractivity contribution in [2.24, 2.45) is 5.92 Å². The lowest BCUT2D eigenvalue weighted by Gasteiger charge is -2.25. The number of aliphatic hydroxyl groups is 1. The number of benzene rings is 1. The third-order valence-corrected chi connectivity index (χ3v) is 2.77. The first kappa shape index (κ1) is 17.4. The number of amides is 1. The number of rotatable bonds is 7. The summed E-state index contributed by atoms with van der Waals surface area (Å²) in [6, 6.07) is 2.84. The molecule has 0 heterocycles. The minimum atomic E-state index is -1.01. The second-order valence-corrected chi connectivity index (χ2v) is 5.74. The summed E-state index contributed by atoms with van der Waals surface area (Å²) in [5.41, 5.74) is -1.01. The highest BCUT2D eigenvalue weighted by Crippen LogP contribution is 2.17. The molecular formula is C15H21F2NO3. The Morgan fingerprint density at radius 3 is 2.67 bits per heavy atom. The zero-order valence-corrected chi connectivity index (χ0v) is 12.5. The summed E-state index contributed by atoms with van der Waals surface area (Å²) >= 11 is 0. The first-order chi connectivity index (χ1) is 9.69. The highest BCUT2D eigenvalue weighted by molar-refractivity contribution is 5.77. The molecule has 1 atom stereocenters. The summed E-state index contributed by atoms with van der Waals surface area (Å²) in [4.78, 5) is 11.6. The zero-order valence-electron chi connectivity index (χ0n) is 12.5. The van der Waals surface area contributed by atoms with Gasteiger partial charge in [-0.2, -0.15) is 0 Å². The van der Waals surface area contributed by atoms with E-state index in [1.165, 1.54) is 0 Å². The molecule has 1 amide bonds. The molecule has 0 aliphatic carbocycles. The van der Waals surface area contributed by atoms with Crippen LogP contribution in [0.4, 0.5) is 8.78 Å². The minimum Gasteiger partial charge on any atom is -0.481 e. The molecule has 2 N–H and O–H groups in total. The van der Waals surface area contributed by atoms with Gasteiger partial charge >= 0.3 is 0 Å². The van der Waals surface area contributed by atoms with Crippen molar-refractivity contribution in [3.8, 4) is 5.75 Å². The molecule has 6 heteroatoms. The Morgan fingerprint density at radius 2 is 2.10 bits per heavy atom. The average Bonchev–Trinajstić information content (AvgIpc) is 2.34. The summed E-state index contributed by atoms with van der Waals surface area (Å²) < 4.78 is 30.9. The fraction of sp³-hybridized carbons (Fsp3) is 0.533. The first-order valence-corrected chi connectivity index (χ1v) is 6.76. The summed E-state index contributed by atoms with van der Waals surface area (Å²) in [6.45, 7) is 5.25. The second kappa shape index (κ2) is 7.36. The quantitative estimate of drug-likeness (QED) is 0.812. The average molecular weight is 301 g/mol. The Balaban J connectivity index is 2.41. The molecule has 1 unspecified atom stereocenters. The highest BCUT2D eigenvalue weighted by atomic mass is 19.1. The van der Waals surface area contributed by atoms with Gasteiger partial charge in [-0.05, 0) is 31.4 Å². The van der Waals surface area contributed by atoms with E-state index in [0.29, 0.717) is 18.4 Å². The van der Waals surface area contributed by atoms with Gasteiger partial charge in [0.25, 0.3) is 5.91 Å². The van der Waals surface area contributed by atoms with Crippen LogP contribution in [0.3, 0.4) is 0 Å². The van der Waals surface area contributed by atoms with Gasteiger partial charge < -0.3 is 15.2 Å². The molecule has 0 aliphatic rings. The third kappa shape index (κ3) is 6.53. The van der Waals surface area contributed by atoms with Crippen molar-refractivity contribution in [2.45, 2.75) is 32.8 Å². The lowest BCUT2D eigenvalue weighted by Crippen LogP contribution is -2.43. The molecule has 0 fully saturated rings. The number of nitrogens with one attached hydrogen (secondary N) is 1. The van der Waals surface area contributed by atoms with Gasteiger partial charge in [0.1, 0.15) is 5.82 Å². The van der Waals surface area contributed by atoms with E-state index in [4.69, 9.17) is 4.74 Å². The smallest absolute Gasteiger partial charge is 0.258 e. The number of carbonyl (C=O) groups is 1. The Morgan fingerprint density at radius 1 is 1.43 bits per heavy atom. The topological polar surface area (TPSA) is 58.6 Å². The van der Waals surface area contributed by atoms with E-state index in [2.05, 4.69) is 5.32 Å². The van der Waals surface area contributed by atoms with Gasteiger partial charge in [0, 0.05) is 12.6 Å². The van der Waals surface area contributed by atoms with Crippen LogP contribution in [0.5, 0.6) is 5.75 Å². The Kier molecular flexibility index (Phi) is 6.08. The first-order valence-electron chi connectivity index (χ1n) is 6.76.